The number of urea groups is 1. The molecule has 0 atom stereocenters. The van der Waals surface area contributed by atoms with Crippen LogP contribution in [0.25, 0.3) is 6.08 Å². The molecular formula is C29H27FN2O5. The molecule has 1 fully saturated rings. The highest BCUT2D eigenvalue weighted by Crippen LogP contribution is 2.31. The van der Waals surface area contributed by atoms with Crippen molar-refractivity contribution < 1.29 is 28.2 Å². The first-order valence-corrected chi connectivity index (χ1v) is 11.6. The van der Waals surface area contributed by atoms with Crippen LogP contribution in [0, 0.1) is 5.82 Å². The van der Waals surface area contributed by atoms with Gasteiger partial charge in [-0.1, -0.05) is 51.1 Å². The number of imide groups is 2. The second kappa shape index (κ2) is 10.3. The van der Waals surface area contributed by atoms with Crippen LogP contribution in [0.15, 0.2) is 72.3 Å². The van der Waals surface area contributed by atoms with E-state index in [4.69, 9.17) is 9.47 Å². The summed E-state index contributed by atoms with van der Waals surface area (Å²) in [6, 6.07) is 17.1. The van der Waals surface area contributed by atoms with Gasteiger partial charge in [0.05, 0.1) is 12.8 Å². The van der Waals surface area contributed by atoms with E-state index in [1.54, 1.807) is 42.5 Å². The number of barbiturate groups is 1. The molecule has 1 heterocycles. The summed E-state index contributed by atoms with van der Waals surface area (Å²) in [4.78, 5) is 39.3. The maximum Gasteiger partial charge on any atom is 0.335 e. The lowest BCUT2D eigenvalue weighted by Crippen LogP contribution is -2.54. The topological polar surface area (TPSA) is 84.9 Å². The molecule has 3 aromatic rings. The smallest absolute Gasteiger partial charge is 0.335 e. The van der Waals surface area contributed by atoms with E-state index in [0.29, 0.717) is 22.7 Å². The third kappa shape index (κ3) is 5.69. The molecule has 190 valence electrons. The molecule has 7 nitrogen and oxygen atoms in total. The summed E-state index contributed by atoms with van der Waals surface area (Å²) in [7, 11) is 1.47. The number of hydrogen-bond acceptors (Lipinski definition) is 5. The van der Waals surface area contributed by atoms with E-state index in [0.717, 1.165) is 16.0 Å². The van der Waals surface area contributed by atoms with E-state index in [1.807, 2.05) is 12.1 Å². The zero-order valence-corrected chi connectivity index (χ0v) is 21.0. The second-order valence-electron chi connectivity index (χ2n) is 9.58. The molecule has 1 N–H and O–H groups in total. The van der Waals surface area contributed by atoms with Gasteiger partial charge in [-0.25, -0.2) is 14.1 Å². The quantitative estimate of drug-likeness (QED) is 0.362. The third-order valence-electron chi connectivity index (χ3n) is 5.90. The molecule has 3 aromatic carbocycles. The lowest BCUT2D eigenvalue weighted by Gasteiger charge is -2.27. The van der Waals surface area contributed by atoms with Crippen molar-refractivity contribution in [3.05, 3.63) is 94.8 Å². The molecule has 0 aromatic heterocycles. The lowest BCUT2D eigenvalue weighted by molar-refractivity contribution is -0.122. The van der Waals surface area contributed by atoms with Crippen molar-refractivity contribution in [2.24, 2.45) is 0 Å². The van der Waals surface area contributed by atoms with Gasteiger partial charge in [-0.05, 0) is 64.6 Å². The number of rotatable bonds is 6. The maximum atomic E-state index is 13.2. The van der Waals surface area contributed by atoms with Crippen molar-refractivity contribution in [1.82, 2.24) is 5.32 Å². The summed E-state index contributed by atoms with van der Waals surface area (Å²) in [6.45, 7) is 6.39. The van der Waals surface area contributed by atoms with Gasteiger partial charge >= 0.3 is 6.03 Å². The standard InChI is InChI=1S/C29H27FN2O5/c1-29(2,3)20-8-12-22(13-9-20)32-27(34)23(26(33)31-28(32)35)15-19-7-14-24(25(16-19)36-4)37-17-18-5-10-21(30)11-6-18/h5-16H,17H2,1-4H3,(H,31,33,35). The fourth-order valence-electron chi connectivity index (χ4n) is 3.80. The summed E-state index contributed by atoms with van der Waals surface area (Å²) in [5, 5.41) is 2.23. The lowest BCUT2D eigenvalue weighted by atomic mass is 9.87. The van der Waals surface area contributed by atoms with Crippen molar-refractivity contribution in [2.45, 2.75) is 32.8 Å². The van der Waals surface area contributed by atoms with Crippen LogP contribution in [0.5, 0.6) is 11.5 Å². The number of carbonyl (C=O) groups is 3. The van der Waals surface area contributed by atoms with E-state index >= 15 is 0 Å². The number of nitrogens with one attached hydrogen (secondary N) is 1. The van der Waals surface area contributed by atoms with Gasteiger partial charge in [-0.2, -0.15) is 0 Å². The number of ether oxygens (including phenoxy) is 2. The van der Waals surface area contributed by atoms with Crippen LogP contribution in [0.2, 0.25) is 0 Å². The van der Waals surface area contributed by atoms with E-state index in [1.165, 1.54) is 25.3 Å². The molecule has 4 amide bonds. The summed E-state index contributed by atoms with van der Waals surface area (Å²) in [6.07, 6.45) is 1.40. The monoisotopic (exact) mass is 502 g/mol. The average Bonchev–Trinajstić information content (AvgIpc) is 2.86. The number of anilines is 1. The van der Waals surface area contributed by atoms with Crippen molar-refractivity contribution in [3.8, 4) is 11.5 Å². The van der Waals surface area contributed by atoms with Gasteiger partial charge < -0.3 is 9.47 Å². The minimum atomic E-state index is -0.808. The molecular weight excluding hydrogens is 475 g/mol. The molecule has 1 aliphatic heterocycles. The van der Waals surface area contributed by atoms with Gasteiger partial charge in [0.1, 0.15) is 18.0 Å². The summed E-state index contributed by atoms with van der Waals surface area (Å²) < 4.78 is 24.3. The summed E-state index contributed by atoms with van der Waals surface area (Å²) >= 11 is 0. The van der Waals surface area contributed by atoms with E-state index in [9.17, 15) is 18.8 Å². The number of methoxy groups -OCH3 is 1. The zero-order valence-electron chi connectivity index (χ0n) is 21.0. The highest BCUT2D eigenvalue weighted by molar-refractivity contribution is 6.39. The molecule has 0 aliphatic carbocycles. The Labute approximate surface area is 214 Å². The molecule has 0 saturated carbocycles. The Hall–Kier alpha value is -4.46. The van der Waals surface area contributed by atoms with Crippen LogP contribution in [-0.2, 0) is 21.6 Å². The zero-order chi connectivity index (χ0) is 26.7. The second-order valence-corrected chi connectivity index (χ2v) is 9.58. The normalized spacial score (nSPS) is 15.1. The van der Waals surface area contributed by atoms with E-state index in [2.05, 4.69) is 26.1 Å². The Morgan fingerprint density at radius 2 is 1.59 bits per heavy atom. The van der Waals surface area contributed by atoms with Crippen LogP contribution in [-0.4, -0.2) is 25.0 Å². The maximum absolute atomic E-state index is 13.2. The minimum Gasteiger partial charge on any atom is -0.493 e. The van der Waals surface area contributed by atoms with Gasteiger partial charge in [0.25, 0.3) is 11.8 Å². The number of amides is 4. The molecule has 1 saturated heterocycles. The summed E-state index contributed by atoms with van der Waals surface area (Å²) in [5.74, 6) is -1.03. The molecule has 1 aliphatic rings. The SMILES string of the molecule is COc1cc(C=C2C(=O)NC(=O)N(c3ccc(C(C)(C)C)cc3)C2=O)ccc1OCc1ccc(F)cc1. The largest absolute Gasteiger partial charge is 0.493 e. The first kappa shape index (κ1) is 25.6. The van der Waals surface area contributed by atoms with Crippen molar-refractivity contribution in [3.63, 3.8) is 0 Å². The van der Waals surface area contributed by atoms with Crippen molar-refractivity contribution in [2.75, 3.05) is 12.0 Å². The van der Waals surface area contributed by atoms with Crippen molar-refractivity contribution in [1.29, 1.82) is 0 Å². The van der Waals surface area contributed by atoms with Crippen LogP contribution in [0.1, 0.15) is 37.5 Å². The van der Waals surface area contributed by atoms with Crippen LogP contribution in [0.4, 0.5) is 14.9 Å². The first-order valence-electron chi connectivity index (χ1n) is 11.6. The Balaban J connectivity index is 1.58. The fourth-order valence-corrected chi connectivity index (χ4v) is 3.80. The van der Waals surface area contributed by atoms with Crippen LogP contribution in [0.3, 0.4) is 0 Å². The van der Waals surface area contributed by atoms with Gasteiger partial charge in [-0.15, -0.1) is 0 Å². The van der Waals surface area contributed by atoms with Gasteiger partial charge in [0.2, 0.25) is 0 Å². The van der Waals surface area contributed by atoms with Gasteiger partial charge in [-0.3, -0.25) is 14.9 Å². The minimum absolute atomic E-state index is 0.0956. The Morgan fingerprint density at radius 3 is 2.22 bits per heavy atom. The van der Waals surface area contributed by atoms with Gasteiger partial charge in [0.15, 0.2) is 11.5 Å². The molecule has 0 bridgehead atoms. The molecule has 37 heavy (non-hydrogen) atoms. The molecule has 0 unspecified atom stereocenters. The predicted octanol–water partition coefficient (Wildman–Crippen LogP) is 5.38. The molecule has 0 spiro atoms. The molecule has 0 radical (unpaired) electrons. The molecule has 4 rings (SSSR count). The van der Waals surface area contributed by atoms with Crippen LogP contribution >= 0.6 is 0 Å². The highest BCUT2D eigenvalue weighted by Gasteiger charge is 2.37. The number of hydrogen-bond donors (Lipinski definition) is 1. The Kier molecular flexibility index (Phi) is 7.11. The number of benzene rings is 3. The molecule has 8 heteroatoms. The Morgan fingerprint density at radius 1 is 0.919 bits per heavy atom. The average molecular weight is 503 g/mol. The van der Waals surface area contributed by atoms with Crippen LogP contribution < -0.4 is 19.7 Å². The first-order chi connectivity index (χ1) is 17.6. The van der Waals surface area contributed by atoms with Crippen molar-refractivity contribution >= 4 is 29.6 Å². The van der Waals surface area contributed by atoms with E-state index < -0.39 is 17.8 Å². The third-order valence-corrected chi connectivity index (χ3v) is 5.90. The van der Waals surface area contributed by atoms with Gasteiger partial charge in [0, 0.05) is 0 Å². The fraction of sp³-hybridized carbons (Fsp3) is 0.207. The Bertz CT molecular complexity index is 1370. The predicted molar refractivity (Wildman–Crippen MR) is 138 cm³/mol. The number of halogens is 1. The number of carbonyl (C=O) groups excluding carboxylic acids is 3. The number of nitrogens with zero attached hydrogens (tertiary/aromatic N) is 1. The van der Waals surface area contributed by atoms with E-state index in [-0.39, 0.29) is 23.4 Å². The highest BCUT2D eigenvalue weighted by atomic mass is 19.1. The summed E-state index contributed by atoms with van der Waals surface area (Å²) in [5.41, 5.74) is 2.39.